The van der Waals surface area contributed by atoms with E-state index in [4.69, 9.17) is 0 Å². The molecule has 0 saturated heterocycles. The molecule has 1 N–H and O–H groups in total. The van der Waals surface area contributed by atoms with E-state index in [-0.39, 0.29) is 12.5 Å². The molecule has 0 radical (unpaired) electrons. The summed E-state index contributed by atoms with van der Waals surface area (Å²) in [5.74, 6) is -1.54. The van der Waals surface area contributed by atoms with Crippen LogP contribution >= 0.6 is 0 Å². The second-order valence-corrected chi connectivity index (χ2v) is 6.27. The second-order valence-electron chi connectivity index (χ2n) is 6.27. The SMILES string of the molecule is O=C(Cn1cnc2cc(F)c(F)cc21)Nc1ccnn1C1CCCC1. The molecule has 0 spiro atoms. The number of anilines is 1. The number of carbonyl (C=O) groups excluding carboxylic acids is 1. The van der Waals surface area contributed by atoms with Crippen molar-refractivity contribution in [3.05, 3.63) is 42.4 Å². The molecule has 8 heteroatoms. The van der Waals surface area contributed by atoms with Gasteiger partial charge in [-0.15, -0.1) is 0 Å². The van der Waals surface area contributed by atoms with Crippen LogP contribution in [0.2, 0.25) is 0 Å². The van der Waals surface area contributed by atoms with Crippen molar-refractivity contribution in [2.75, 3.05) is 5.32 Å². The Hall–Kier alpha value is -2.77. The fraction of sp³-hybridized carbons (Fsp3) is 0.353. The Morgan fingerprint density at radius 1 is 1.24 bits per heavy atom. The lowest BCUT2D eigenvalue weighted by Gasteiger charge is -2.14. The van der Waals surface area contributed by atoms with Gasteiger partial charge in [-0.25, -0.2) is 18.4 Å². The molecule has 1 fully saturated rings. The monoisotopic (exact) mass is 345 g/mol. The Balaban J connectivity index is 1.52. The molecule has 2 aromatic heterocycles. The van der Waals surface area contributed by atoms with E-state index < -0.39 is 11.6 Å². The molecule has 130 valence electrons. The van der Waals surface area contributed by atoms with Gasteiger partial charge in [0.15, 0.2) is 11.6 Å². The topological polar surface area (TPSA) is 64.7 Å². The van der Waals surface area contributed by atoms with Crippen molar-refractivity contribution >= 4 is 22.8 Å². The van der Waals surface area contributed by atoms with Crippen molar-refractivity contribution in [1.82, 2.24) is 19.3 Å². The fourth-order valence-corrected chi connectivity index (χ4v) is 3.37. The summed E-state index contributed by atoms with van der Waals surface area (Å²) in [6.07, 6.45) is 7.52. The number of nitrogens with zero attached hydrogens (tertiary/aromatic N) is 4. The summed E-state index contributed by atoms with van der Waals surface area (Å²) >= 11 is 0. The van der Waals surface area contributed by atoms with Crippen LogP contribution in [-0.4, -0.2) is 25.2 Å². The van der Waals surface area contributed by atoms with Crippen LogP contribution in [-0.2, 0) is 11.3 Å². The molecule has 0 aliphatic heterocycles. The zero-order valence-corrected chi connectivity index (χ0v) is 13.5. The average molecular weight is 345 g/mol. The van der Waals surface area contributed by atoms with Crippen molar-refractivity contribution < 1.29 is 13.6 Å². The minimum Gasteiger partial charge on any atom is -0.321 e. The molecule has 2 heterocycles. The quantitative estimate of drug-likeness (QED) is 0.789. The lowest BCUT2D eigenvalue weighted by Crippen LogP contribution is -2.21. The molecular weight excluding hydrogens is 328 g/mol. The van der Waals surface area contributed by atoms with Gasteiger partial charge in [0, 0.05) is 18.2 Å². The average Bonchev–Trinajstić information content (AvgIpc) is 3.30. The summed E-state index contributed by atoms with van der Waals surface area (Å²) in [5, 5.41) is 7.15. The van der Waals surface area contributed by atoms with Crippen LogP contribution < -0.4 is 5.32 Å². The van der Waals surface area contributed by atoms with Gasteiger partial charge < -0.3 is 9.88 Å². The van der Waals surface area contributed by atoms with Gasteiger partial charge in [0.1, 0.15) is 12.4 Å². The molecule has 0 unspecified atom stereocenters. The van der Waals surface area contributed by atoms with E-state index in [2.05, 4.69) is 15.4 Å². The van der Waals surface area contributed by atoms with Gasteiger partial charge in [-0.05, 0) is 12.8 Å². The van der Waals surface area contributed by atoms with Crippen molar-refractivity contribution in [3.63, 3.8) is 0 Å². The number of hydrogen-bond donors (Lipinski definition) is 1. The van der Waals surface area contributed by atoms with Gasteiger partial charge in [-0.3, -0.25) is 4.79 Å². The Morgan fingerprint density at radius 3 is 2.80 bits per heavy atom. The third kappa shape index (κ3) is 2.99. The highest BCUT2D eigenvalue weighted by atomic mass is 19.2. The molecule has 1 aliphatic carbocycles. The number of imidazole rings is 1. The van der Waals surface area contributed by atoms with Crippen LogP contribution in [0.5, 0.6) is 0 Å². The number of hydrogen-bond acceptors (Lipinski definition) is 3. The van der Waals surface area contributed by atoms with Gasteiger partial charge in [0.2, 0.25) is 5.91 Å². The summed E-state index contributed by atoms with van der Waals surface area (Å²) in [5.41, 5.74) is 0.682. The Kier molecular flexibility index (Phi) is 3.95. The van der Waals surface area contributed by atoms with E-state index in [9.17, 15) is 13.6 Å². The Morgan fingerprint density at radius 2 is 2.00 bits per heavy atom. The summed E-state index contributed by atoms with van der Waals surface area (Å²) in [4.78, 5) is 16.4. The zero-order chi connectivity index (χ0) is 17.4. The molecule has 0 bridgehead atoms. The summed E-state index contributed by atoms with van der Waals surface area (Å²) < 4.78 is 30.0. The second kappa shape index (κ2) is 6.27. The number of halogens is 2. The number of benzene rings is 1. The number of carbonyl (C=O) groups is 1. The number of aromatic nitrogens is 4. The summed E-state index contributed by atoms with van der Waals surface area (Å²) in [6.45, 7) is -0.0442. The minimum atomic E-state index is -0.964. The van der Waals surface area contributed by atoms with Crippen LogP contribution in [0.3, 0.4) is 0 Å². The Bertz CT molecular complexity index is 926. The fourth-order valence-electron chi connectivity index (χ4n) is 3.37. The van der Waals surface area contributed by atoms with Crippen molar-refractivity contribution in [2.24, 2.45) is 0 Å². The smallest absolute Gasteiger partial charge is 0.245 e. The van der Waals surface area contributed by atoms with Gasteiger partial charge in [0.05, 0.1) is 29.6 Å². The van der Waals surface area contributed by atoms with Crippen LogP contribution in [0, 0.1) is 11.6 Å². The first-order valence-electron chi connectivity index (χ1n) is 8.25. The number of rotatable bonds is 4. The van der Waals surface area contributed by atoms with E-state index in [0.29, 0.717) is 22.9 Å². The van der Waals surface area contributed by atoms with Crippen LogP contribution in [0.25, 0.3) is 11.0 Å². The highest BCUT2D eigenvalue weighted by Crippen LogP contribution is 2.31. The molecule has 1 aromatic carbocycles. The third-order valence-corrected chi connectivity index (χ3v) is 4.59. The predicted molar refractivity (Wildman–Crippen MR) is 88.0 cm³/mol. The minimum absolute atomic E-state index is 0.0442. The highest BCUT2D eigenvalue weighted by molar-refractivity contribution is 5.90. The lowest BCUT2D eigenvalue weighted by atomic mass is 10.2. The van der Waals surface area contributed by atoms with E-state index >= 15 is 0 Å². The zero-order valence-electron chi connectivity index (χ0n) is 13.5. The largest absolute Gasteiger partial charge is 0.321 e. The first-order chi connectivity index (χ1) is 12.1. The van der Waals surface area contributed by atoms with Crippen LogP contribution in [0.15, 0.2) is 30.7 Å². The molecule has 6 nitrogen and oxygen atoms in total. The van der Waals surface area contributed by atoms with Crippen LogP contribution in [0.4, 0.5) is 14.6 Å². The van der Waals surface area contributed by atoms with Gasteiger partial charge >= 0.3 is 0 Å². The normalized spacial score (nSPS) is 15.1. The third-order valence-electron chi connectivity index (χ3n) is 4.59. The molecule has 25 heavy (non-hydrogen) atoms. The summed E-state index contributed by atoms with van der Waals surface area (Å²) in [6, 6.07) is 4.15. The molecular formula is C17H17F2N5O. The van der Waals surface area contributed by atoms with Crippen molar-refractivity contribution in [1.29, 1.82) is 0 Å². The van der Waals surface area contributed by atoms with E-state index in [1.54, 1.807) is 12.3 Å². The first-order valence-corrected chi connectivity index (χ1v) is 8.25. The van der Waals surface area contributed by atoms with Gasteiger partial charge in [0.25, 0.3) is 0 Å². The maximum atomic E-state index is 13.4. The molecule has 1 amide bonds. The van der Waals surface area contributed by atoms with E-state index in [0.717, 1.165) is 25.0 Å². The standard InChI is InChI=1S/C17H17F2N5O/c18-12-7-14-15(8-13(12)19)23(10-20-14)9-17(25)22-16-5-6-21-24(16)11-3-1-2-4-11/h5-8,10-11H,1-4,9H2,(H,22,25). The van der Waals surface area contributed by atoms with Crippen molar-refractivity contribution in [3.8, 4) is 0 Å². The maximum absolute atomic E-state index is 13.4. The molecule has 1 aliphatic rings. The maximum Gasteiger partial charge on any atom is 0.245 e. The van der Waals surface area contributed by atoms with Crippen LogP contribution in [0.1, 0.15) is 31.7 Å². The number of fused-ring (bicyclic) bond motifs is 1. The van der Waals surface area contributed by atoms with Crippen molar-refractivity contribution in [2.45, 2.75) is 38.3 Å². The van der Waals surface area contributed by atoms with Gasteiger partial charge in [-0.2, -0.15) is 5.10 Å². The summed E-state index contributed by atoms with van der Waals surface area (Å²) in [7, 11) is 0. The van der Waals surface area contributed by atoms with E-state index in [1.165, 1.54) is 23.7 Å². The highest BCUT2D eigenvalue weighted by Gasteiger charge is 2.20. The molecule has 3 aromatic rings. The molecule has 0 atom stereocenters. The Labute approximate surface area is 142 Å². The first kappa shape index (κ1) is 15.7. The van der Waals surface area contributed by atoms with Gasteiger partial charge in [-0.1, -0.05) is 12.8 Å². The number of nitrogens with one attached hydrogen (secondary N) is 1. The molecule has 4 rings (SSSR count). The molecule has 1 saturated carbocycles. The predicted octanol–water partition coefficient (Wildman–Crippen LogP) is 3.26. The van der Waals surface area contributed by atoms with E-state index in [1.807, 2.05) is 4.68 Å². The lowest BCUT2D eigenvalue weighted by molar-refractivity contribution is -0.116. The number of amides is 1.